The van der Waals surface area contributed by atoms with Crippen LogP contribution in [0.15, 0.2) is 24.4 Å². The summed E-state index contributed by atoms with van der Waals surface area (Å²) in [6, 6.07) is 6.14. The number of aromatic nitrogens is 1. The predicted molar refractivity (Wildman–Crippen MR) is 71.0 cm³/mol. The fourth-order valence-corrected chi connectivity index (χ4v) is 3.28. The van der Waals surface area contributed by atoms with Gasteiger partial charge in [0, 0.05) is 24.8 Å². The van der Waals surface area contributed by atoms with E-state index in [2.05, 4.69) is 22.0 Å². The fraction of sp³-hybridized carbons (Fsp3) is 0.615. The second-order valence-corrected chi connectivity index (χ2v) is 5.23. The van der Waals surface area contributed by atoms with Crippen LogP contribution in [-0.4, -0.2) is 28.5 Å². The Morgan fingerprint density at radius 3 is 2.88 bits per heavy atom. The molecule has 0 radical (unpaired) electrons. The molecule has 1 saturated carbocycles. The molecule has 3 aliphatic rings. The summed E-state index contributed by atoms with van der Waals surface area (Å²) in [5.74, 6) is 0.948. The lowest BCUT2D eigenvalue weighted by Gasteiger charge is -2.59. The van der Waals surface area contributed by atoms with E-state index in [1.165, 1.54) is 31.5 Å². The SMILES string of the molecule is Cl.NCC12CC(CCN1Cc1ccccn1)C2. The van der Waals surface area contributed by atoms with Gasteiger partial charge in [0.2, 0.25) is 0 Å². The molecule has 1 aliphatic carbocycles. The van der Waals surface area contributed by atoms with Crippen molar-refractivity contribution < 1.29 is 0 Å². The van der Waals surface area contributed by atoms with Crippen LogP contribution in [0.1, 0.15) is 25.0 Å². The van der Waals surface area contributed by atoms with Gasteiger partial charge in [-0.25, -0.2) is 0 Å². The summed E-state index contributed by atoms with van der Waals surface area (Å²) < 4.78 is 0. The molecule has 2 saturated heterocycles. The van der Waals surface area contributed by atoms with Gasteiger partial charge in [0.1, 0.15) is 0 Å². The maximum atomic E-state index is 5.96. The highest BCUT2D eigenvalue weighted by atomic mass is 35.5. The molecular weight excluding hydrogens is 234 g/mol. The number of hydrogen-bond acceptors (Lipinski definition) is 3. The Balaban J connectivity index is 0.00000108. The normalized spacial score (nSPS) is 31.5. The lowest BCUT2D eigenvalue weighted by molar-refractivity contribution is -0.0766. The predicted octanol–water partition coefficient (Wildman–Crippen LogP) is 1.82. The number of pyridine rings is 1. The first-order valence-electron chi connectivity index (χ1n) is 6.17. The van der Waals surface area contributed by atoms with Crippen LogP contribution in [0.5, 0.6) is 0 Å². The molecule has 3 heterocycles. The van der Waals surface area contributed by atoms with Crippen LogP contribution in [-0.2, 0) is 6.54 Å². The number of hydrogen-bond donors (Lipinski definition) is 1. The van der Waals surface area contributed by atoms with Gasteiger partial charge in [-0.3, -0.25) is 9.88 Å². The molecule has 0 amide bonds. The highest BCUT2D eigenvalue weighted by Crippen LogP contribution is 2.48. The Labute approximate surface area is 109 Å². The molecule has 94 valence electrons. The van der Waals surface area contributed by atoms with Gasteiger partial charge in [0.15, 0.2) is 0 Å². The van der Waals surface area contributed by atoms with Crippen molar-refractivity contribution in [2.45, 2.75) is 31.3 Å². The third kappa shape index (κ3) is 2.19. The van der Waals surface area contributed by atoms with E-state index in [9.17, 15) is 0 Å². The van der Waals surface area contributed by atoms with Crippen LogP contribution in [0.2, 0.25) is 0 Å². The molecule has 0 aromatic carbocycles. The zero-order chi connectivity index (χ0) is 11.0. The number of nitrogens with zero attached hydrogens (tertiary/aromatic N) is 2. The lowest BCUT2D eigenvalue weighted by atomic mass is 9.62. The standard InChI is InChI=1S/C13H19N3.ClH/c14-10-13-7-11(8-13)4-6-16(13)9-12-3-1-2-5-15-12;/h1-3,5,11H,4,6-10,14H2;1H. The van der Waals surface area contributed by atoms with Gasteiger partial charge in [-0.05, 0) is 43.9 Å². The van der Waals surface area contributed by atoms with E-state index < -0.39 is 0 Å². The van der Waals surface area contributed by atoms with Crippen LogP contribution in [0.25, 0.3) is 0 Å². The maximum Gasteiger partial charge on any atom is 0.0544 e. The van der Waals surface area contributed by atoms with E-state index in [1.807, 2.05) is 12.3 Å². The van der Waals surface area contributed by atoms with Gasteiger partial charge in [0.05, 0.1) is 5.69 Å². The number of rotatable bonds is 3. The van der Waals surface area contributed by atoms with Crippen molar-refractivity contribution in [3.05, 3.63) is 30.1 Å². The van der Waals surface area contributed by atoms with Gasteiger partial charge in [-0.15, -0.1) is 12.4 Å². The zero-order valence-corrected chi connectivity index (χ0v) is 10.8. The number of piperidine rings is 2. The minimum atomic E-state index is 0. The Hall–Kier alpha value is -0.640. The fourth-order valence-electron chi connectivity index (χ4n) is 3.28. The lowest BCUT2D eigenvalue weighted by Crippen LogP contribution is -2.65. The van der Waals surface area contributed by atoms with E-state index in [1.54, 1.807) is 0 Å². The first kappa shape index (κ1) is 12.8. The highest BCUT2D eigenvalue weighted by Gasteiger charge is 2.50. The summed E-state index contributed by atoms with van der Waals surface area (Å²) in [5.41, 5.74) is 7.43. The Morgan fingerprint density at radius 2 is 2.24 bits per heavy atom. The summed E-state index contributed by atoms with van der Waals surface area (Å²) in [6.45, 7) is 2.96. The molecule has 0 spiro atoms. The summed E-state index contributed by atoms with van der Waals surface area (Å²) in [4.78, 5) is 6.96. The van der Waals surface area contributed by atoms with E-state index in [4.69, 9.17) is 5.73 Å². The minimum Gasteiger partial charge on any atom is -0.329 e. The van der Waals surface area contributed by atoms with Crippen molar-refractivity contribution >= 4 is 12.4 Å². The van der Waals surface area contributed by atoms with Gasteiger partial charge in [0.25, 0.3) is 0 Å². The minimum absolute atomic E-state index is 0. The molecule has 4 heteroatoms. The quantitative estimate of drug-likeness (QED) is 0.894. The van der Waals surface area contributed by atoms with E-state index >= 15 is 0 Å². The van der Waals surface area contributed by atoms with Gasteiger partial charge in [-0.1, -0.05) is 6.07 Å². The van der Waals surface area contributed by atoms with Gasteiger partial charge >= 0.3 is 0 Å². The van der Waals surface area contributed by atoms with E-state index in [-0.39, 0.29) is 12.4 Å². The maximum absolute atomic E-state index is 5.96. The molecule has 1 aromatic heterocycles. The smallest absolute Gasteiger partial charge is 0.0544 e. The summed E-state index contributed by atoms with van der Waals surface area (Å²) in [7, 11) is 0. The summed E-state index contributed by atoms with van der Waals surface area (Å²) in [6.07, 6.45) is 5.82. The van der Waals surface area contributed by atoms with Crippen molar-refractivity contribution in [2.24, 2.45) is 11.7 Å². The number of halogens is 1. The Morgan fingerprint density at radius 1 is 1.41 bits per heavy atom. The zero-order valence-electron chi connectivity index (χ0n) is 10.0. The van der Waals surface area contributed by atoms with Gasteiger partial charge < -0.3 is 5.73 Å². The second kappa shape index (κ2) is 4.92. The van der Waals surface area contributed by atoms with Crippen LogP contribution in [0.4, 0.5) is 0 Å². The Bertz CT molecular complexity index is 362. The molecule has 0 atom stereocenters. The number of nitrogens with two attached hydrogens (primary N) is 1. The molecular formula is C13H20ClN3. The van der Waals surface area contributed by atoms with Crippen molar-refractivity contribution in [1.82, 2.24) is 9.88 Å². The molecule has 2 N–H and O–H groups in total. The average molecular weight is 254 g/mol. The topological polar surface area (TPSA) is 42.1 Å². The largest absolute Gasteiger partial charge is 0.329 e. The number of fused-ring (bicyclic) bond motifs is 2. The molecule has 17 heavy (non-hydrogen) atoms. The summed E-state index contributed by atoms with van der Waals surface area (Å²) >= 11 is 0. The van der Waals surface area contributed by atoms with Crippen LogP contribution < -0.4 is 5.73 Å². The monoisotopic (exact) mass is 253 g/mol. The van der Waals surface area contributed by atoms with E-state index in [0.29, 0.717) is 5.54 Å². The van der Waals surface area contributed by atoms with Crippen molar-refractivity contribution in [1.29, 1.82) is 0 Å². The Kier molecular flexibility index (Phi) is 3.71. The average Bonchev–Trinajstić information content (AvgIpc) is 2.29. The molecule has 0 unspecified atom stereocenters. The first-order valence-corrected chi connectivity index (χ1v) is 6.17. The molecule has 4 rings (SSSR count). The van der Waals surface area contributed by atoms with Crippen molar-refractivity contribution in [2.75, 3.05) is 13.1 Å². The van der Waals surface area contributed by atoms with Gasteiger partial charge in [-0.2, -0.15) is 0 Å². The third-order valence-corrected chi connectivity index (χ3v) is 4.27. The van der Waals surface area contributed by atoms with Crippen LogP contribution in [0.3, 0.4) is 0 Å². The summed E-state index contributed by atoms with van der Waals surface area (Å²) in [5, 5.41) is 0. The highest BCUT2D eigenvalue weighted by molar-refractivity contribution is 5.85. The van der Waals surface area contributed by atoms with Crippen LogP contribution in [0, 0.1) is 5.92 Å². The van der Waals surface area contributed by atoms with Crippen molar-refractivity contribution in [3.63, 3.8) is 0 Å². The third-order valence-electron chi connectivity index (χ3n) is 4.27. The van der Waals surface area contributed by atoms with Crippen LogP contribution >= 0.6 is 12.4 Å². The molecule has 3 nitrogen and oxygen atoms in total. The van der Waals surface area contributed by atoms with Crippen molar-refractivity contribution in [3.8, 4) is 0 Å². The molecule has 1 aromatic rings. The molecule has 3 fully saturated rings. The molecule has 2 bridgehead atoms. The second-order valence-electron chi connectivity index (χ2n) is 5.23. The van der Waals surface area contributed by atoms with E-state index in [0.717, 1.165) is 19.0 Å². The molecule has 2 aliphatic heterocycles. The first-order chi connectivity index (χ1) is 7.82.